The van der Waals surface area contributed by atoms with Crippen LogP contribution in [0.25, 0.3) is 21.3 Å². The van der Waals surface area contributed by atoms with Crippen LogP contribution in [-0.4, -0.2) is 23.0 Å². The number of H-pyrrole nitrogens is 1. The lowest BCUT2D eigenvalue weighted by Gasteiger charge is -2.02. The molecule has 0 atom stereocenters. The molecule has 0 saturated carbocycles. The topological polar surface area (TPSA) is 55.0 Å². The van der Waals surface area contributed by atoms with Crippen LogP contribution in [-0.2, 0) is 4.74 Å². The van der Waals surface area contributed by atoms with Gasteiger partial charge in [-0.1, -0.05) is 41.6 Å². The maximum atomic E-state index is 12.3. The number of fused-ring (bicyclic) bond motifs is 1. The molecule has 1 aromatic carbocycles. The van der Waals surface area contributed by atoms with Crippen molar-refractivity contribution < 1.29 is 4.74 Å². The van der Waals surface area contributed by atoms with Gasteiger partial charge >= 0.3 is 0 Å². The number of hydrogen-bond donors (Lipinski definition) is 1. The summed E-state index contributed by atoms with van der Waals surface area (Å²) in [6.45, 7) is 2.04. The van der Waals surface area contributed by atoms with Gasteiger partial charge in [-0.2, -0.15) is 0 Å². The summed E-state index contributed by atoms with van der Waals surface area (Å²) in [6, 6.07) is 8.15. The molecule has 4 nitrogen and oxygen atoms in total. The molecule has 2 heterocycles. The molecule has 108 valence electrons. The Kier molecular flexibility index (Phi) is 4.10. The third-order valence-corrected chi connectivity index (χ3v) is 4.79. The van der Waals surface area contributed by atoms with Gasteiger partial charge in [-0.25, -0.2) is 4.98 Å². The van der Waals surface area contributed by atoms with Crippen LogP contribution in [0.3, 0.4) is 0 Å². The monoisotopic (exact) mass is 318 g/mol. The fourth-order valence-corrected chi connectivity index (χ4v) is 3.61. The Labute approximate surface area is 130 Å². The SMILES string of the molecule is COCSc1nc2scc(-c3ccc(C)cc3)c2c(=O)[nH]1. The van der Waals surface area contributed by atoms with E-state index >= 15 is 0 Å². The van der Waals surface area contributed by atoms with Crippen LogP contribution in [0.5, 0.6) is 0 Å². The van der Waals surface area contributed by atoms with Crippen molar-refractivity contribution in [2.45, 2.75) is 12.1 Å². The van der Waals surface area contributed by atoms with Crippen molar-refractivity contribution in [3.63, 3.8) is 0 Å². The zero-order valence-corrected chi connectivity index (χ0v) is 13.3. The molecule has 0 unspecified atom stereocenters. The Morgan fingerprint density at radius 3 is 2.81 bits per heavy atom. The van der Waals surface area contributed by atoms with Crippen molar-refractivity contribution in [3.8, 4) is 11.1 Å². The molecule has 6 heteroatoms. The molecule has 0 aliphatic heterocycles. The molecule has 3 rings (SSSR count). The Morgan fingerprint density at radius 1 is 1.33 bits per heavy atom. The van der Waals surface area contributed by atoms with Crippen molar-refractivity contribution in [2.24, 2.45) is 0 Å². The fraction of sp³-hybridized carbons (Fsp3) is 0.200. The van der Waals surface area contributed by atoms with E-state index in [2.05, 4.69) is 9.97 Å². The van der Waals surface area contributed by atoms with E-state index in [1.54, 1.807) is 7.11 Å². The second-order valence-electron chi connectivity index (χ2n) is 4.62. The van der Waals surface area contributed by atoms with Gasteiger partial charge in [0.15, 0.2) is 5.16 Å². The number of aromatic nitrogens is 2. The molecule has 0 radical (unpaired) electrons. The Morgan fingerprint density at radius 2 is 2.10 bits per heavy atom. The molecule has 1 N–H and O–H groups in total. The van der Waals surface area contributed by atoms with Crippen molar-refractivity contribution >= 4 is 33.3 Å². The molecule has 21 heavy (non-hydrogen) atoms. The summed E-state index contributed by atoms with van der Waals surface area (Å²) in [5.41, 5.74) is 3.07. The normalized spacial score (nSPS) is 11.1. The minimum absolute atomic E-state index is 0.101. The number of ether oxygens (including phenoxy) is 1. The molecular formula is C15H14N2O2S2. The predicted octanol–water partition coefficient (Wildman–Crippen LogP) is 3.66. The van der Waals surface area contributed by atoms with Gasteiger partial charge in [0, 0.05) is 18.1 Å². The molecule has 0 amide bonds. The highest BCUT2D eigenvalue weighted by atomic mass is 32.2. The molecule has 3 aromatic rings. The summed E-state index contributed by atoms with van der Waals surface area (Å²) < 4.78 is 4.99. The largest absolute Gasteiger partial charge is 0.374 e. The van der Waals surface area contributed by atoms with Gasteiger partial charge in [0.1, 0.15) is 4.83 Å². The number of thiophene rings is 1. The van der Waals surface area contributed by atoms with E-state index in [1.807, 2.05) is 36.6 Å². The number of hydrogen-bond acceptors (Lipinski definition) is 5. The number of thioether (sulfide) groups is 1. The van der Waals surface area contributed by atoms with E-state index in [0.717, 1.165) is 16.0 Å². The summed E-state index contributed by atoms with van der Waals surface area (Å²) in [5, 5.41) is 3.24. The van der Waals surface area contributed by atoms with Gasteiger partial charge < -0.3 is 9.72 Å². The third kappa shape index (κ3) is 2.88. The second-order valence-corrected chi connectivity index (χ2v) is 6.39. The van der Waals surface area contributed by atoms with E-state index in [0.29, 0.717) is 16.5 Å². The Bertz CT molecular complexity index is 822. The molecule has 0 saturated heterocycles. The lowest BCUT2D eigenvalue weighted by molar-refractivity contribution is 0.258. The van der Waals surface area contributed by atoms with Crippen molar-refractivity contribution in [1.82, 2.24) is 9.97 Å². The van der Waals surface area contributed by atoms with Crippen molar-refractivity contribution in [1.29, 1.82) is 0 Å². The van der Waals surface area contributed by atoms with Gasteiger partial charge in [-0.15, -0.1) is 11.3 Å². The maximum Gasteiger partial charge on any atom is 0.260 e. The van der Waals surface area contributed by atoms with Crippen LogP contribution in [0.15, 0.2) is 39.6 Å². The zero-order chi connectivity index (χ0) is 14.8. The van der Waals surface area contributed by atoms with Crippen LogP contribution < -0.4 is 5.56 Å². The van der Waals surface area contributed by atoms with Crippen molar-refractivity contribution in [3.05, 3.63) is 45.6 Å². The third-order valence-electron chi connectivity index (χ3n) is 3.10. The highest BCUT2D eigenvalue weighted by Gasteiger charge is 2.13. The Hall–Kier alpha value is -1.63. The van der Waals surface area contributed by atoms with E-state index in [9.17, 15) is 4.79 Å². The van der Waals surface area contributed by atoms with Crippen LogP contribution in [0, 0.1) is 6.92 Å². The first-order chi connectivity index (χ1) is 10.2. The van der Waals surface area contributed by atoms with Gasteiger partial charge in [-0.05, 0) is 12.5 Å². The average molecular weight is 318 g/mol. The minimum atomic E-state index is -0.101. The summed E-state index contributed by atoms with van der Waals surface area (Å²) in [7, 11) is 1.62. The first-order valence-corrected chi connectivity index (χ1v) is 8.26. The van der Waals surface area contributed by atoms with Crippen LogP contribution >= 0.6 is 23.1 Å². The molecule has 0 aliphatic rings. The lowest BCUT2D eigenvalue weighted by atomic mass is 10.1. The fourth-order valence-electron chi connectivity index (χ4n) is 2.06. The number of rotatable bonds is 4. The van der Waals surface area contributed by atoms with Gasteiger partial charge in [-0.3, -0.25) is 4.79 Å². The van der Waals surface area contributed by atoms with E-state index < -0.39 is 0 Å². The van der Waals surface area contributed by atoms with Crippen LogP contribution in [0.4, 0.5) is 0 Å². The quantitative estimate of drug-likeness (QED) is 0.453. The van der Waals surface area contributed by atoms with E-state index in [-0.39, 0.29) is 5.56 Å². The standard InChI is InChI=1S/C15H14N2O2S2/c1-9-3-5-10(6-4-9)11-7-20-14-12(11)13(18)16-15(17-14)21-8-19-2/h3-7H,8H2,1-2H3,(H,16,17,18). The number of aromatic amines is 1. The van der Waals surface area contributed by atoms with Crippen molar-refractivity contribution in [2.75, 3.05) is 13.0 Å². The van der Waals surface area contributed by atoms with Gasteiger partial charge in [0.2, 0.25) is 0 Å². The van der Waals surface area contributed by atoms with Crippen LogP contribution in [0.2, 0.25) is 0 Å². The molecule has 0 spiro atoms. The minimum Gasteiger partial charge on any atom is -0.374 e. The predicted molar refractivity (Wildman–Crippen MR) is 88.1 cm³/mol. The molecular weight excluding hydrogens is 304 g/mol. The lowest BCUT2D eigenvalue weighted by Crippen LogP contribution is -2.08. The summed E-state index contributed by atoms with van der Waals surface area (Å²) >= 11 is 2.86. The van der Waals surface area contributed by atoms with Gasteiger partial charge in [0.25, 0.3) is 5.56 Å². The molecule has 0 fully saturated rings. The number of benzene rings is 1. The first-order valence-electron chi connectivity index (χ1n) is 6.39. The molecule has 2 aromatic heterocycles. The number of nitrogens with zero attached hydrogens (tertiary/aromatic N) is 1. The maximum absolute atomic E-state index is 12.3. The summed E-state index contributed by atoms with van der Waals surface area (Å²) in [5.74, 6) is 0.463. The summed E-state index contributed by atoms with van der Waals surface area (Å²) in [4.78, 5) is 20.4. The second kappa shape index (κ2) is 6.01. The highest BCUT2D eigenvalue weighted by Crippen LogP contribution is 2.31. The number of aryl methyl sites for hydroxylation is 1. The number of methoxy groups -OCH3 is 1. The average Bonchev–Trinajstić information content (AvgIpc) is 2.90. The summed E-state index contributed by atoms with van der Waals surface area (Å²) in [6.07, 6.45) is 0. The van der Waals surface area contributed by atoms with E-state index in [4.69, 9.17) is 4.74 Å². The Balaban J connectivity index is 2.10. The van der Waals surface area contributed by atoms with E-state index in [1.165, 1.54) is 28.7 Å². The molecule has 0 bridgehead atoms. The zero-order valence-electron chi connectivity index (χ0n) is 11.7. The molecule has 0 aliphatic carbocycles. The smallest absolute Gasteiger partial charge is 0.260 e. The first kappa shape index (κ1) is 14.3. The van der Waals surface area contributed by atoms with Crippen LogP contribution in [0.1, 0.15) is 5.56 Å². The van der Waals surface area contributed by atoms with Gasteiger partial charge in [0.05, 0.1) is 11.3 Å². The highest BCUT2D eigenvalue weighted by molar-refractivity contribution is 7.99. The number of nitrogens with one attached hydrogen (secondary N) is 1.